The van der Waals surface area contributed by atoms with Crippen LogP contribution in [0.1, 0.15) is 44.8 Å². The van der Waals surface area contributed by atoms with Crippen molar-refractivity contribution in [1.82, 2.24) is 10.2 Å². The molecule has 0 radical (unpaired) electrons. The minimum atomic E-state index is 0.490. The molecule has 0 saturated carbocycles. The van der Waals surface area contributed by atoms with E-state index in [1.165, 1.54) is 5.56 Å². The Kier molecular flexibility index (Phi) is 5.58. The molecule has 0 aromatic carbocycles. The highest BCUT2D eigenvalue weighted by Gasteiger charge is 2.23. The lowest BCUT2D eigenvalue weighted by Crippen LogP contribution is -2.39. The summed E-state index contributed by atoms with van der Waals surface area (Å²) in [5.74, 6) is 2.19. The quantitative estimate of drug-likeness (QED) is 0.901. The Bertz CT molecular complexity index is 420. The molecule has 3 nitrogen and oxygen atoms in total. The van der Waals surface area contributed by atoms with Gasteiger partial charge in [0.25, 0.3) is 0 Å². The number of hydrogen-bond donors (Lipinski definition) is 1. The summed E-state index contributed by atoms with van der Waals surface area (Å²) < 4.78 is 6.03. The van der Waals surface area contributed by atoms with E-state index >= 15 is 0 Å². The zero-order valence-electron chi connectivity index (χ0n) is 13.4. The van der Waals surface area contributed by atoms with E-state index in [0.29, 0.717) is 6.04 Å². The predicted octanol–water partition coefficient (Wildman–Crippen LogP) is 3.41. The summed E-state index contributed by atoms with van der Waals surface area (Å²) in [5, 5.41) is 4.86. The molecule has 114 valence electrons. The van der Waals surface area contributed by atoms with Gasteiger partial charge in [-0.05, 0) is 18.6 Å². The van der Waals surface area contributed by atoms with Gasteiger partial charge in [0.15, 0.2) is 0 Å². The van der Waals surface area contributed by atoms with Gasteiger partial charge in [-0.1, -0.05) is 27.7 Å². The summed E-state index contributed by atoms with van der Waals surface area (Å²) in [4.78, 5) is 2.52. The molecule has 0 aliphatic carbocycles. The molecule has 20 heavy (non-hydrogen) atoms. The van der Waals surface area contributed by atoms with Crippen molar-refractivity contribution < 1.29 is 4.42 Å². The Hall–Kier alpha value is -0.450. The predicted molar refractivity (Wildman–Crippen MR) is 87.2 cm³/mol. The molecule has 2 heterocycles. The summed E-state index contributed by atoms with van der Waals surface area (Å²) in [6, 6.07) is 2.69. The fourth-order valence-corrected chi connectivity index (χ4v) is 4.16. The van der Waals surface area contributed by atoms with Crippen molar-refractivity contribution in [2.45, 2.75) is 64.2 Å². The van der Waals surface area contributed by atoms with Crippen molar-refractivity contribution in [2.24, 2.45) is 0 Å². The monoisotopic (exact) mass is 296 g/mol. The second-order valence-electron chi connectivity index (χ2n) is 6.31. The number of nitrogens with zero attached hydrogens (tertiary/aromatic N) is 1. The van der Waals surface area contributed by atoms with Crippen LogP contribution >= 0.6 is 11.8 Å². The zero-order chi connectivity index (χ0) is 14.7. The molecule has 0 spiro atoms. The lowest BCUT2D eigenvalue weighted by Gasteiger charge is -2.33. The van der Waals surface area contributed by atoms with Gasteiger partial charge in [-0.2, -0.15) is 11.8 Å². The number of rotatable bonds is 5. The number of hydrogen-bond acceptors (Lipinski definition) is 4. The smallest absolute Gasteiger partial charge is 0.120 e. The fourth-order valence-electron chi connectivity index (χ4n) is 2.77. The van der Waals surface area contributed by atoms with Crippen LogP contribution in [-0.4, -0.2) is 34.5 Å². The van der Waals surface area contributed by atoms with Gasteiger partial charge in [-0.15, -0.1) is 0 Å². The minimum Gasteiger partial charge on any atom is -0.463 e. The van der Waals surface area contributed by atoms with Crippen molar-refractivity contribution in [3.63, 3.8) is 0 Å². The first kappa shape index (κ1) is 15.9. The van der Waals surface area contributed by atoms with Crippen molar-refractivity contribution in [3.05, 3.63) is 23.2 Å². The number of thioether (sulfide) groups is 1. The third-order valence-corrected chi connectivity index (χ3v) is 4.84. The lowest BCUT2D eigenvalue weighted by atomic mass is 10.2. The average Bonchev–Trinajstić information content (AvgIpc) is 2.65. The molecule has 1 aliphatic heterocycles. The molecule has 1 aliphatic rings. The second-order valence-corrected chi connectivity index (χ2v) is 8.19. The summed E-state index contributed by atoms with van der Waals surface area (Å²) >= 11 is 2.09. The Labute approximate surface area is 127 Å². The average molecular weight is 296 g/mol. The highest BCUT2D eigenvalue weighted by molar-refractivity contribution is 8.00. The molecule has 1 N–H and O–H groups in total. The number of aryl methyl sites for hydroxylation is 1. The maximum absolute atomic E-state index is 6.03. The van der Waals surface area contributed by atoms with Gasteiger partial charge < -0.3 is 9.73 Å². The van der Waals surface area contributed by atoms with Crippen LogP contribution in [0.3, 0.4) is 0 Å². The molecule has 2 unspecified atom stereocenters. The third-order valence-electron chi connectivity index (χ3n) is 3.62. The molecule has 0 amide bonds. The largest absolute Gasteiger partial charge is 0.463 e. The van der Waals surface area contributed by atoms with E-state index in [4.69, 9.17) is 4.42 Å². The summed E-state index contributed by atoms with van der Waals surface area (Å²) in [6.07, 6.45) is 0. The van der Waals surface area contributed by atoms with Crippen molar-refractivity contribution in [1.29, 1.82) is 0 Å². The maximum Gasteiger partial charge on any atom is 0.120 e. The molecular weight excluding hydrogens is 268 g/mol. The Balaban J connectivity index is 1.94. The van der Waals surface area contributed by atoms with Crippen molar-refractivity contribution >= 4 is 11.8 Å². The first-order valence-electron chi connectivity index (χ1n) is 7.63. The van der Waals surface area contributed by atoms with Gasteiger partial charge >= 0.3 is 0 Å². The third kappa shape index (κ3) is 4.54. The molecular formula is C16H28N2OS. The Morgan fingerprint density at radius 3 is 2.60 bits per heavy atom. The van der Waals surface area contributed by atoms with E-state index < -0.39 is 0 Å². The van der Waals surface area contributed by atoms with Crippen LogP contribution in [0.5, 0.6) is 0 Å². The van der Waals surface area contributed by atoms with Gasteiger partial charge in [0.1, 0.15) is 11.5 Å². The maximum atomic E-state index is 6.03. The van der Waals surface area contributed by atoms with Crippen LogP contribution < -0.4 is 5.32 Å². The van der Waals surface area contributed by atoms with Crippen LogP contribution in [0.4, 0.5) is 0 Å². The molecule has 1 aromatic heterocycles. The molecule has 0 bridgehead atoms. The van der Waals surface area contributed by atoms with E-state index in [1.54, 1.807) is 0 Å². The van der Waals surface area contributed by atoms with E-state index in [-0.39, 0.29) is 0 Å². The number of furan rings is 1. The topological polar surface area (TPSA) is 28.4 Å². The fraction of sp³-hybridized carbons (Fsp3) is 0.750. The Morgan fingerprint density at radius 2 is 2.00 bits per heavy atom. The molecule has 2 rings (SSSR count). The van der Waals surface area contributed by atoms with Crippen LogP contribution in [-0.2, 0) is 13.1 Å². The van der Waals surface area contributed by atoms with Crippen LogP contribution in [0.15, 0.2) is 10.5 Å². The van der Waals surface area contributed by atoms with Crippen LogP contribution in [0.25, 0.3) is 0 Å². The highest BCUT2D eigenvalue weighted by atomic mass is 32.2. The number of nitrogens with one attached hydrogen (secondary N) is 1. The zero-order valence-corrected chi connectivity index (χ0v) is 14.2. The van der Waals surface area contributed by atoms with E-state index in [2.05, 4.69) is 62.7 Å². The van der Waals surface area contributed by atoms with Crippen molar-refractivity contribution in [3.8, 4) is 0 Å². The standard InChI is InChI=1S/C16H28N2OS/c1-11(2)17-7-16-12(3)6-15(19-16)10-18-8-13(4)20-14(5)9-18/h6,11,13-14,17H,7-10H2,1-5H3. The highest BCUT2D eigenvalue weighted by Crippen LogP contribution is 2.26. The van der Waals surface area contributed by atoms with Gasteiger partial charge in [0.2, 0.25) is 0 Å². The van der Waals surface area contributed by atoms with Gasteiger partial charge in [-0.3, -0.25) is 4.90 Å². The normalized spacial score (nSPS) is 24.5. The first-order chi connectivity index (χ1) is 9.44. The van der Waals surface area contributed by atoms with Crippen molar-refractivity contribution in [2.75, 3.05) is 13.1 Å². The van der Waals surface area contributed by atoms with Crippen LogP contribution in [0, 0.1) is 6.92 Å². The summed E-state index contributed by atoms with van der Waals surface area (Å²) in [5.41, 5.74) is 1.26. The van der Waals surface area contributed by atoms with Gasteiger partial charge in [0.05, 0.1) is 13.1 Å². The van der Waals surface area contributed by atoms with Gasteiger partial charge in [0, 0.05) is 29.6 Å². The van der Waals surface area contributed by atoms with E-state index in [1.807, 2.05) is 0 Å². The first-order valence-corrected chi connectivity index (χ1v) is 8.57. The molecule has 1 fully saturated rings. The summed E-state index contributed by atoms with van der Waals surface area (Å²) in [6.45, 7) is 15.2. The molecule has 1 saturated heterocycles. The van der Waals surface area contributed by atoms with Crippen LogP contribution in [0.2, 0.25) is 0 Å². The van der Waals surface area contributed by atoms with Gasteiger partial charge in [-0.25, -0.2) is 0 Å². The Morgan fingerprint density at radius 1 is 1.35 bits per heavy atom. The lowest BCUT2D eigenvalue weighted by molar-refractivity contribution is 0.238. The van der Waals surface area contributed by atoms with E-state index in [0.717, 1.165) is 48.2 Å². The van der Waals surface area contributed by atoms with E-state index in [9.17, 15) is 0 Å². The molecule has 2 atom stereocenters. The molecule has 1 aromatic rings. The second kappa shape index (κ2) is 7.01. The SMILES string of the molecule is Cc1cc(CN2CC(C)SC(C)C2)oc1CNC(C)C. The molecule has 4 heteroatoms. The minimum absolute atomic E-state index is 0.490. The summed E-state index contributed by atoms with van der Waals surface area (Å²) in [7, 11) is 0.